The number of hydrogen-bond donors (Lipinski definition) is 8. The van der Waals surface area contributed by atoms with Crippen LogP contribution in [0.2, 0.25) is 0 Å². The molecule has 0 fully saturated rings. The predicted molar refractivity (Wildman–Crippen MR) is 119 cm³/mol. The van der Waals surface area contributed by atoms with Crippen LogP contribution < -0.4 is 27.4 Å². The van der Waals surface area contributed by atoms with Crippen molar-refractivity contribution < 1.29 is 39.0 Å². The molecule has 15 heteroatoms. The van der Waals surface area contributed by atoms with Gasteiger partial charge in [-0.05, 0) is 12.3 Å². The molecular weight excluding hydrogens is 466 g/mol. The number of imidazole rings is 1. The molecule has 10 N–H and O–H groups in total. The zero-order valence-electron chi connectivity index (χ0n) is 19.3. The highest BCUT2D eigenvalue weighted by molar-refractivity contribution is 5.95. The van der Waals surface area contributed by atoms with E-state index in [1.807, 2.05) is 0 Å². The van der Waals surface area contributed by atoms with E-state index >= 15 is 0 Å². The van der Waals surface area contributed by atoms with Gasteiger partial charge in [-0.1, -0.05) is 13.8 Å². The summed E-state index contributed by atoms with van der Waals surface area (Å²) in [6, 6.07) is -5.24. The maximum absolute atomic E-state index is 13.0. The van der Waals surface area contributed by atoms with E-state index < -0.39 is 78.5 Å². The van der Waals surface area contributed by atoms with Gasteiger partial charge in [0.2, 0.25) is 23.6 Å². The van der Waals surface area contributed by atoms with Crippen LogP contribution in [0.5, 0.6) is 0 Å². The molecule has 4 amide bonds. The first kappa shape index (κ1) is 29.0. The SMILES string of the molecule is CC(C)C(NC(=O)C(N)CC(N)=O)C(=O)NC(Cc1cnc[nH]1)C(=O)NC(CCC(=O)O)C(=O)O. The number of nitrogens with one attached hydrogen (secondary N) is 4. The van der Waals surface area contributed by atoms with Crippen LogP contribution in [-0.4, -0.2) is 79.9 Å². The van der Waals surface area contributed by atoms with Gasteiger partial charge >= 0.3 is 11.9 Å². The fraction of sp³-hybridized carbons (Fsp3) is 0.550. The highest BCUT2D eigenvalue weighted by Crippen LogP contribution is 2.07. The standard InChI is InChI=1S/C20H31N7O8/c1-9(2)16(27-17(31)11(21)6-14(22)28)19(33)26-13(5-10-7-23-8-24-10)18(32)25-12(20(34)35)3-4-15(29)30/h7-9,11-13,16H,3-6,21H2,1-2H3,(H2,22,28)(H,23,24)(H,25,32)(H,26,33)(H,27,31)(H,29,30)(H,34,35). The zero-order valence-corrected chi connectivity index (χ0v) is 19.3. The number of nitrogens with two attached hydrogens (primary N) is 2. The zero-order chi connectivity index (χ0) is 26.7. The Labute approximate surface area is 200 Å². The molecule has 0 aliphatic heterocycles. The fourth-order valence-corrected chi connectivity index (χ4v) is 2.99. The van der Waals surface area contributed by atoms with Crippen molar-refractivity contribution in [3.8, 4) is 0 Å². The van der Waals surface area contributed by atoms with Gasteiger partial charge < -0.3 is 42.6 Å². The lowest BCUT2D eigenvalue weighted by Gasteiger charge is -2.26. The minimum Gasteiger partial charge on any atom is -0.481 e. The van der Waals surface area contributed by atoms with Crippen molar-refractivity contribution in [3.05, 3.63) is 18.2 Å². The number of aromatic nitrogens is 2. The molecule has 1 aromatic rings. The Hall–Kier alpha value is -4.01. The summed E-state index contributed by atoms with van der Waals surface area (Å²) in [4.78, 5) is 78.0. The first-order valence-corrected chi connectivity index (χ1v) is 10.7. The van der Waals surface area contributed by atoms with E-state index in [9.17, 15) is 33.9 Å². The van der Waals surface area contributed by atoms with Crippen LogP contribution >= 0.6 is 0 Å². The second kappa shape index (κ2) is 13.6. The molecule has 35 heavy (non-hydrogen) atoms. The van der Waals surface area contributed by atoms with E-state index in [-0.39, 0.29) is 12.8 Å². The smallest absolute Gasteiger partial charge is 0.326 e. The first-order valence-electron chi connectivity index (χ1n) is 10.7. The first-order chi connectivity index (χ1) is 16.3. The number of nitrogens with zero attached hydrogens (tertiary/aromatic N) is 1. The second-order valence-electron chi connectivity index (χ2n) is 8.18. The predicted octanol–water partition coefficient (Wildman–Crippen LogP) is -2.79. The highest BCUT2D eigenvalue weighted by atomic mass is 16.4. The van der Waals surface area contributed by atoms with E-state index in [4.69, 9.17) is 16.6 Å². The molecule has 1 heterocycles. The summed E-state index contributed by atoms with van der Waals surface area (Å²) in [5.41, 5.74) is 11.1. The molecule has 0 aliphatic rings. The van der Waals surface area contributed by atoms with Gasteiger partial charge in [-0.15, -0.1) is 0 Å². The number of carboxylic acids is 2. The average molecular weight is 498 g/mol. The third-order valence-electron chi connectivity index (χ3n) is 4.88. The summed E-state index contributed by atoms with van der Waals surface area (Å²) in [6.45, 7) is 3.25. The lowest BCUT2D eigenvalue weighted by molar-refractivity contribution is -0.143. The number of aromatic amines is 1. The average Bonchev–Trinajstić information content (AvgIpc) is 3.25. The molecule has 0 spiro atoms. The van der Waals surface area contributed by atoms with Gasteiger partial charge in [0.15, 0.2) is 0 Å². The van der Waals surface area contributed by atoms with Gasteiger partial charge in [-0.2, -0.15) is 0 Å². The molecule has 194 valence electrons. The van der Waals surface area contributed by atoms with Crippen molar-refractivity contribution in [2.75, 3.05) is 0 Å². The van der Waals surface area contributed by atoms with Crippen LogP contribution in [0.1, 0.15) is 38.8 Å². The van der Waals surface area contributed by atoms with E-state index in [0.29, 0.717) is 5.69 Å². The number of hydrogen-bond acceptors (Lipinski definition) is 8. The Morgan fingerprint density at radius 3 is 2.11 bits per heavy atom. The molecule has 0 bridgehead atoms. The van der Waals surface area contributed by atoms with Crippen molar-refractivity contribution in [2.45, 2.75) is 63.7 Å². The molecule has 15 nitrogen and oxygen atoms in total. The van der Waals surface area contributed by atoms with Crippen molar-refractivity contribution in [3.63, 3.8) is 0 Å². The number of primary amides is 1. The van der Waals surface area contributed by atoms with Gasteiger partial charge in [-0.25, -0.2) is 9.78 Å². The molecular formula is C20H31N7O8. The van der Waals surface area contributed by atoms with Crippen LogP contribution in [0.3, 0.4) is 0 Å². The van der Waals surface area contributed by atoms with Gasteiger partial charge in [0, 0.05) is 24.7 Å². The molecule has 1 rings (SSSR count). The molecule has 0 aliphatic carbocycles. The molecule has 1 aromatic heterocycles. The highest BCUT2D eigenvalue weighted by Gasteiger charge is 2.32. The van der Waals surface area contributed by atoms with Crippen LogP contribution in [-0.2, 0) is 35.2 Å². The Bertz CT molecular complexity index is 919. The number of carbonyl (C=O) groups excluding carboxylic acids is 4. The van der Waals surface area contributed by atoms with E-state index in [1.165, 1.54) is 12.5 Å². The number of aliphatic carboxylic acids is 2. The number of carbonyl (C=O) groups is 6. The monoisotopic (exact) mass is 497 g/mol. The maximum Gasteiger partial charge on any atom is 0.326 e. The molecule has 0 saturated heterocycles. The lowest BCUT2D eigenvalue weighted by Crippen LogP contribution is -2.59. The lowest BCUT2D eigenvalue weighted by atomic mass is 10.0. The number of carboxylic acid groups (broad SMARTS) is 2. The summed E-state index contributed by atoms with van der Waals surface area (Å²) in [5.74, 6) is -6.39. The van der Waals surface area contributed by atoms with Crippen molar-refractivity contribution in [1.29, 1.82) is 0 Å². The van der Waals surface area contributed by atoms with Gasteiger partial charge in [0.25, 0.3) is 0 Å². The van der Waals surface area contributed by atoms with E-state index in [2.05, 4.69) is 25.9 Å². The van der Waals surface area contributed by atoms with Crippen molar-refractivity contribution >= 4 is 35.6 Å². The van der Waals surface area contributed by atoms with Crippen LogP contribution in [0, 0.1) is 5.92 Å². The summed E-state index contributed by atoms with van der Waals surface area (Å²) >= 11 is 0. The number of rotatable bonds is 15. The third kappa shape index (κ3) is 10.2. The number of amides is 4. The summed E-state index contributed by atoms with van der Waals surface area (Å²) in [5, 5.41) is 25.3. The Kier molecular flexibility index (Phi) is 11.3. The minimum atomic E-state index is -1.51. The minimum absolute atomic E-state index is 0.108. The topological polar surface area (TPSA) is 260 Å². The molecule has 0 saturated carbocycles. The van der Waals surface area contributed by atoms with Crippen LogP contribution in [0.4, 0.5) is 0 Å². The third-order valence-corrected chi connectivity index (χ3v) is 4.88. The second-order valence-corrected chi connectivity index (χ2v) is 8.18. The van der Waals surface area contributed by atoms with Gasteiger partial charge in [0.1, 0.15) is 18.1 Å². The Morgan fingerprint density at radius 2 is 1.63 bits per heavy atom. The van der Waals surface area contributed by atoms with Gasteiger partial charge in [-0.3, -0.25) is 24.0 Å². The van der Waals surface area contributed by atoms with E-state index in [0.717, 1.165) is 0 Å². The molecule has 4 atom stereocenters. The summed E-state index contributed by atoms with van der Waals surface area (Å²) in [7, 11) is 0. The largest absolute Gasteiger partial charge is 0.481 e. The number of H-pyrrole nitrogens is 1. The Morgan fingerprint density at radius 1 is 1.00 bits per heavy atom. The van der Waals surface area contributed by atoms with Gasteiger partial charge in [0.05, 0.1) is 18.8 Å². The van der Waals surface area contributed by atoms with Crippen molar-refractivity contribution in [2.24, 2.45) is 17.4 Å². The summed E-state index contributed by atoms with van der Waals surface area (Å²) < 4.78 is 0. The summed E-state index contributed by atoms with van der Waals surface area (Å²) in [6.07, 6.45) is 1.33. The molecule has 4 unspecified atom stereocenters. The van der Waals surface area contributed by atoms with E-state index in [1.54, 1.807) is 13.8 Å². The van der Waals surface area contributed by atoms with Crippen molar-refractivity contribution in [1.82, 2.24) is 25.9 Å². The van der Waals surface area contributed by atoms with Crippen LogP contribution in [0.15, 0.2) is 12.5 Å². The van der Waals surface area contributed by atoms with Crippen LogP contribution in [0.25, 0.3) is 0 Å². The Balaban J connectivity index is 3.03. The quantitative estimate of drug-likeness (QED) is 0.123. The normalized spacial score (nSPS) is 14.3. The maximum atomic E-state index is 13.0. The molecule has 0 aromatic carbocycles. The fourth-order valence-electron chi connectivity index (χ4n) is 2.99. The molecule has 0 radical (unpaired) electrons.